The van der Waals surface area contributed by atoms with E-state index in [0.717, 1.165) is 38.1 Å². The standard InChI is InChI=1S/C15H27NO3S/c1-3-4-8-20-11-14(17)16-7-5-6-13(10-16)12(2)9-15(18)19/h12-13H,3-11H2,1-2H3,(H,18,19). The van der Waals surface area contributed by atoms with E-state index in [0.29, 0.717) is 11.7 Å². The molecule has 1 aliphatic rings. The highest BCUT2D eigenvalue weighted by Gasteiger charge is 2.28. The molecule has 1 heterocycles. The van der Waals surface area contributed by atoms with E-state index in [1.807, 2.05) is 11.8 Å². The van der Waals surface area contributed by atoms with Crippen molar-refractivity contribution in [1.82, 2.24) is 4.90 Å². The molecule has 2 atom stereocenters. The number of hydrogen-bond acceptors (Lipinski definition) is 3. The highest BCUT2D eigenvalue weighted by molar-refractivity contribution is 7.99. The number of carboxylic acid groups (broad SMARTS) is 1. The Balaban J connectivity index is 2.35. The van der Waals surface area contributed by atoms with Crippen LogP contribution in [0.5, 0.6) is 0 Å². The van der Waals surface area contributed by atoms with Gasteiger partial charge in [0, 0.05) is 19.5 Å². The van der Waals surface area contributed by atoms with E-state index in [1.165, 1.54) is 6.42 Å². The third-order valence-corrected chi connectivity index (χ3v) is 5.01. The molecule has 1 saturated heterocycles. The molecule has 1 N–H and O–H groups in total. The Morgan fingerprint density at radius 3 is 2.85 bits per heavy atom. The van der Waals surface area contributed by atoms with Gasteiger partial charge in [-0.3, -0.25) is 9.59 Å². The van der Waals surface area contributed by atoms with Gasteiger partial charge in [0.15, 0.2) is 0 Å². The largest absolute Gasteiger partial charge is 0.481 e. The van der Waals surface area contributed by atoms with Crippen LogP contribution < -0.4 is 0 Å². The van der Waals surface area contributed by atoms with E-state index in [1.54, 1.807) is 11.8 Å². The smallest absolute Gasteiger partial charge is 0.303 e. The molecular weight excluding hydrogens is 274 g/mol. The van der Waals surface area contributed by atoms with Crippen LogP contribution in [-0.2, 0) is 9.59 Å². The predicted molar refractivity (Wildman–Crippen MR) is 83.0 cm³/mol. The van der Waals surface area contributed by atoms with Crippen LogP contribution in [0.3, 0.4) is 0 Å². The number of thioether (sulfide) groups is 1. The summed E-state index contributed by atoms with van der Waals surface area (Å²) in [5.41, 5.74) is 0. The van der Waals surface area contributed by atoms with Crippen molar-refractivity contribution >= 4 is 23.6 Å². The van der Waals surface area contributed by atoms with E-state index >= 15 is 0 Å². The minimum absolute atomic E-state index is 0.149. The first-order valence-electron chi connectivity index (χ1n) is 7.61. The number of carbonyl (C=O) groups is 2. The van der Waals surface area contributed by atoms with Crippen molar-refractivity contribution in [3.05, 3.63) is 0 Å². The third kappa shape index (κ3) is 6.16. The first kappa shape index (κ1) is 17.3. The van der Waals surface area contributed by atoms with Gasteiger partial charge in [-0.15, -0.1) is 0 Å². The molecule has 0 aliphatic carbocycles. The Morgan fingerprint density at radius 2 is 2.20 bits per heavy atom. The molecule has 1 rings (SSSR count). The number of rotatable bonds is 8. The molecule has 1 fully saturated rings. The minimum Gasteiger partial charge on any atom is -0.481 e. The summed E-state index contributed by atoms with van der Waals surface area (Å²) in [5, 5.41) is 8.87. The number of aliphatic carboxylic acids is 1. The molecule has 0 radical (unpaired) electrons. The van der Waals surface area contributed by atoms with Gasteiger partial charge in [-0.25, -0.2) is 0 Å². The molecule has 0 bridgehead atoms. The van der Waals surface area contributed by atoms with Crippen molar-refractivity contribution in [2.24, 2.45) is 11.8 Å². The van der Waals surface area contributed by atoms with E-state index < -0.39 is 5.97 Å². The number of nitrogens with zero attached hydrogens (tertiary/aromatic N) is 1. The summed E-state index contributed by atoms with van der Waals surface area (Å²) in [5.74, 6) is 1.59. The second-order valence-corrected chi connectivity index (χ2v) is 6.83. The Morgan fingerprint density at radius 1 is 1.45 bits per heavy atom. The van der Waals surface area contributed by atoms with Crippen LogP contribution in [0.4, 0.5) is 0 Å². The van der Waals surface area contributed by atoms with E-state index in [-0.39, 0.29) is 18.2 Å². The molecule has 0 aromatic carbocycles. The number of hydrogen-bond donors (Lipinski definition) is 1. The van der Waals surface area contributed by atoms with Gasteiger partial charge in [0.05, 0.1) is 5.75 Å². The zero-order chi connectivity index (χ0) is 15.0. The number of amides is 1. The molecule has 0 aromatic heterocycles. The number of unbranched alkanes of at least 4 members (excludes halogenated alkanes) is 1. The fraction of sp³-hybridized carbons (Fsp3) is 0.867. The summed E-state index contributed by atoms with van der Waals surface area (Å²) < 4.78 is 0. The van der Waals surface area contributed by atoms with Crippen molar-refractivity contribution in [3.8, 4) is 0 Å². The quantitative estimate of drug-likeness (QED) is 0.700. The molecule has 0 saturated carbocycles. The van der Waals surface area contributed by atoms with Crippen LogP contribution in [0.2, 0.25) is 0 Å². The van der Waals surface area contributed by atoms with Gasteiger partial charge >= 0.3 is 5.97 Å². The second-order valence-electron chi connectivity index (χ2n) is 5.72. The number of piperidine rings is 1. The molecule has 0 aromatic rings. The Bertz CT molecular complexity index is 322. The first-order chi connectivity index (χ1) is 9.54. The summed E-state index contributed by atoms with van der Waals surface area (Å²) in [6.07, 6.45) is 4.58. The topological polar surface area (TPSA) is 57.6 Å². The van der Waals surface area contributed by atoms with Gasteiger partial charge in [-0.2, -0.15) is 11.8 Å². The van der Waals surface area contributed by atoms with Crippen LogP contribution in [0.25, 0.3) is 0 Å². The second kappa shape index (κ2) is 9.27. The average Bonchev–Trinajstić information content (AvgIpc) is 2.43. The lowest BCUT2D eigenvalue weighted by atomic mass is 9.84. The van der Waals surface area contributed by atoms with Crippen LogP contribution in [-0.4, -0.2) is 46.5 Å². The molecule has 2 unspecified atom stereocenters. The van der Waals surface area contributed by atoms with Crippen LogP contribution >= 0.6 is 11.8 Å². The van der Waals surface area contributed by atoms with Gasteiger partial charge in [0.2, 0.25) is 5.91 Å². The van der Waals surface area contributed by atoms with Crippen LogP contribution in [0.1, 0.15) is 46.0 Å². The average molecular weight is 301 g/mol. The zero-order valence-electron chi connectivity index (χ0n) is 12.6. The van der Waals surface area contributed by atoms with Crippen molar-refractivity contribution in [3.63, 3.8) is 0 Å². The Hall–Kier alpha value is -0.710. The maximum atomic E-state index is 12.1. The van der Waals surface area contributed by atoms with Gasteiger partial charge in [0.25, 0.3) is 0 Å². The van der Waals surface area contributed by atoms with E-state index in [4.69, 9.17) is 5.11 Å². The Kier molecular flexibility index (Phi) is 8.04. The normalized spacial score (nSPS) is 20.7. The molecule has 4 nitrogen and oxygen atoms in total. The highest BCUT2D eigenvalue weighted by atomic mass is 32.2. The summed E-state index contributed by atoms with van der Waals surface area (Å²) >= 11 is 1.71. The Labute approximate surface area is 126 Å². The summed E-state index contributed by atoms with van der Waals surface area (Å²) in [4.78, 5) is 24.9. The summed E-state index contributed by atoms with van der Waals surface area (Å²) in [6.45, 7) is 5.72. The lowest BCUT2D eigenvalue weighted by Gasteiger charge is -2.35. The maximum Gasteiger partial charge on any atom is 0.303 e. The summed E-state index contributed by atoms with van der Waals surface area (Å²) in [7, 11) is 0. The first-order valence-corrected chi connectivity index (χ1v) is 8.77. The van der Waals surface area contributed by atoms with Crippen LogP contribution in [0.15, 0.2) is 0 Å². The molecule has 116 valence electrons. The van der Waals surface area contributed by atoms with Crippen molar-refractivity contribution in [2.45, 2.75) is 46.0 Å². The zero-order valence-corrected chi connectivity index (χ0v) is 13.5. The lowest BCUT2D eigenvalue weighted by Crippen LogP contribution is -2.42. The highest BCUT2D eigenvalue weighted by Crippen LogP contribution is 2.26. The number of carbonyl (C=O) groups excluding carboxylic acids is 1. The fourth-order valence-corrected chi connectivity index (χ4v) is 3.63. The van der Waals surface area contributed by atoms with Gasteiger partial charge < -0.3 is 10.0 Å². The third-order valence-electron chi connectivity index (χ3n) is 3.98. The minimum atomic E-state index is -0.740. The molecule has 1 amide bonds. The molecule has 20 heavy (non-hydrogen) atoms. The fourth-order valence-electron chi connectivity index (χ4n) is 2.64. The number of carboxylic acids is 1. The molecular formula is C15H27NO3S. The molecule has 0 spiro atoms. The van der Waals surface area contributed by atoms with Crippen molar-refractivity contribution < 1.29 is 14.7 Å². The van der Waals surface area contributed by atoms with Gasteiger partial charge in [0.1, 0.15) is 0 Å². The van der Waals surface area contributed by atoms with E-state index in [9.17, 15) is 9.59 Å². The van der Waals surface area contributed by atoms with E-state index in [2.05, 4.69) is 6.92 Å². The predicted octanol–water partition coefficient (Wildman–Crippen LogP) is 2.87. The van der Waals surface area contributed by atoms with Gasteiger partial charge in [-0.05, 0) is 36.9 Å². The van der Waals surface area contributed by atoms with Crippen molar-refractivity contribution in [2.75, 3.05) is 24.6 Å². The molecule has 1 aliphatic heterocycles. The monoisotopic (exact) mass is 301 g/mol. The van der Waals surface area contributed by atoms with Crippen LogP contribution in [0, 0.1) is 11.8 Å². The van der Waals surface area contributed by atoms with Crippen molar-refractivity contribution in [1.29, 1.82) is 0 Å². The van der Waals surface area contributed by atoms with Gasteiger partial charge in [-0.1, -0.05) is 20.3 Å². The molecule has 5 heteroatoms. The number of likely N-dealkylation sites (tertiary alicyclic amines) is 1. The maximum absolute atomic E-state index is 12.1. The lowest BCUT2D eigenvalue weighted by molar-refractivity contribution is -0.138. The SMILES string of the molecule is CCCCSCC(=O)N1CCCC(C(C)CC(=O)O)C1. The summed E-state index contributed by atoms with van der Waals surface area (Å²) in [6, 6.07) is 0.